The Balaban J connectivity index is 2.34. The lowest BCUT2D eigenvalue weighted by Crippen LogP contribution is -2.39. The van der Waals surface area contributed by atoms with Crippen LogP contribution in [0.4, 0.5) is 0 Å². The van der Waals surface area contributed by atoms with Crippen molar-refractivity contribution in [2.75, 3.05) is 19.8 Å². The standard InChI is InChI=1S/C14H24N2O12P2/c1-4-24-29(20,21)26-7-9-11(28-30(22,23)25-5-2)10(17)13(27-9)16-6-8(3)12(18)15-14(16)19/h6,9-11,13,17H,4-5,7H2,1-3H3,(H,20,21)(H,22,23)(H,15,18,19)/t9-,10-,11-,13-/m1/s1. The average Bonchev–Trinajstić information content (AvgIpc) is 2.92. The third kappa shape index (κ3) is 6.17. The molecule has 1 aliphatic rings. The number of hydrogen-bond donors (Lipinski definition) is 4. The molecule has 0 aromatic carbocycles. The fourth-order valence-electron chi connectivity index (χ4n) is 2.70. The lowest BCUT2D eigenvalue weighted by molar-refractivity contribution is -0.0552. The summed E-state index contributed by atoms with van der Waals surface area (Å²) in [4.78, 5) is 45.1. The molecule has 1 saturated heterocycles. The topological polar surface area (TPSA) is 196 Å². The molecule has 14 nitrogen and oxygen atoms in total. The van der Waals surface area contributed by atoms with Crippen molar-refractivity contribution in [3.05, 3.63) is 32.6 Å². The number of rotatable bonds is 10. The number of aliphatic hydroxyl groups excluding tert-OH is 1. The van der Waals surface area contributed by atoms with Crippen LogP contribution in [-0.2, 0) is 32.0 Å². The average molecular weight is 474 g/mol. The minimum atomic E-state index is -4.64. The van der Waals surface area contributed by atoms with Crippen molar-refractivity contribution in [1.29, 1.82) is 0 Å². The molecule has 0 bridgehead atoms. The zero-order valence-corrected chi connectivity index (χ0v) is 18.2. The molecule has 2 unspecified atom stereocenters. The SMILES string of the molecule is CCOP(=O)(O)OC[C@H]1O[C@@H](n2cc(C)c(=O)[nH]c2=O)[C@H](O)[C@@H]1OP(=O)(O)OCC. The smallest absolute Gasteiger partial charge is 0.386 e. The van der Waals surface area contributed by atoms with E-state index in [4.69, 9.17) is 13.8 Å². The molecule has 16 heteroatoms. The van der Waals surface area contributed by atoms with Crippen LogP contribution in [0.15, 0.2) is 15.8 Å². The maximum absolute atomic E-state index is 12.1. The highest BCUT2D eigenvalue weighted by atomic mass is 31.2. The summed E-state index contributed by atoms with van der Waals surface area (Å²) in [5, 5.41) is 10.6. The van der Waals surface area contributed by atoms with Gasteiger partial charge in [-0.1, -0.05) is 0 Å². The van der Waals surface area contributed by atoms with Gasteiger partial charge < -0.3 is 19.6 Å². The Hall–Kier alpha value is -1.18. The van der Waals surface area contributed by atoms with Crippen molar-refractivity contribution in [3.63, 3.8) is 0 Å². The van der Waals surface area contributed by atoms with Gasteiger partial charge >= 0.3 is 21.3 Å². The number of phosphoric ester groups is 2. The van der Waals surface area contributed by atoms with Crippen LogP contribution in [-0.4, -0.2) is 62.6 Å². The van der Waals surface area contributed by atoms with Crippen LogP contribution in [0.3, 0.4) is 0 Å². The quantitative estimate of drug-likeness (QED) is 0.326. The Kier molecular flexibility index (Phi) is 8.33. The van der Waals surface area contributed by atoms with Gasteiger partial charge in [-0.3, -0.25) is 32.4 Å². The number of hydrogen-bond acceptors (Lipinski definition) is 10. The minimum Gasteiger partial charge on any atom is -0.386 e. The lowest BCUT2D eigenvalue weighted by atomic mass is 10.1. The van der Waals surface area contributed by atoms with E-state index in [-0.39, 0.29) is 18.8 Å². The van der Waals surface area contributed by atoms with Crippen molar-refractivity contribution >= 4 is 15.6 Å². The molecule has 2 rings (SSSR count). The van der Waals surface area contributed by atoms with Gasteiger partial charge in [-0.2, -0.15) is 0 Å². The molecule has 1 fully saturated rings. The third-order valence-corrected chi connectivity index (χ3v) is 6.12. The number of aliphatic hydroxyl groups is 1. The highest BCUT2D eigenvalue weighted by Gasteiger charge is 2.50. The van der Waals surface area contributed by atoms with Crippen LogP contribution >= 0.6 is 15.6 Å². The number of aromatic amines is 1. The minimum absolute atomic E-state index is 0.126. The highest BCUT2D eigenvalue weighted by Crippen LogP contribution is 2.49. The Morgan fingerprint density at radius 2 is 1.73 bits per heavy atom. The molecule has 172 valence electrons. The predicted octanol–water partition coefficient (Wildman–Crippen LogP) is -0.221. The summed E-state index contributed by atoms with van der Waals surface area (Å²) in [5.74, 6) is 0. The van der Waals surface area contributed by atoms with Gasteiger partial charge in [0.05, 0.1) is 19.8 Å². The van der Waals surface area contributed by atoms with E-state index < -0.39 is 58.0 Å². The first kappa shape index (κ1) is 25.1. The first-order chi connectivity index (χ1) is 13.9. The monoisotopic (exact) mass is 474 g/mol. The second-order valence-electron chi connectivity index (χ2n) is 6.17. The number of H-pyrrole nitrogens is 1. The second-order valence-corrected chi connectivity index (χ2v) is 9.03. The third-order valence-electron chi connectivity index (χ3n) is 3.97. The normalized spacial score (nSPS) is 28.2. The Morgan fingerprint density at radius 3 is 2.33 bits per heavy atom. The zero-order valence-electron chi connectivity index (χ0n) is 16.4. The maximum atomic E-state index is 12.1. The van der Waals surface area contributed by atoms with E-state index in [0.29, 0.717) is 0 Å². The van der Waals surface area contributed by atoms with E-state index in [1.54, 1.807) is 0 Å². The molecule has 4 N–H and O–H groups in total. The zero-order chi connectivity index (χ0) is 22.7. The first-order valence-corrected chi connectivity index (χ1v) is 11.8. The number of ether oxygens (including phenoxy) is 1. The molecule has 0 aliphatic carbocycles. The van der Waals surface area contributed by atoms with Crippen LogP contribution < -0.4 is 11.2 Å². The fraction of sp³-hybridized carbons (Fsp3) is 0.714. The highest BCUT2D eigenvalue weighted by molar-refractivity contribution is 7.47. The summed E-state index contributed by atoms with van der Waals surface area (Å²) >= 11 is 0. The number of aromatic nitrogens is 2. The predicted molar refractivity (Wildman–Crippen MR) is 99.7 cm³/mol. The van der Waals surface area contributed by atoms with Crippen molar-refractivity contribution < 1.29 is 46.9 Å². The van der Waals surface area contributed by atoms with E-state index in [1.165, 1.54) is 20.8 Å². The summed E-state index contributed by atoms with van der Waals surface area (Å²) in [5.41, 5.74) is -1.44. The summed E-state index contributed by atoms with van der Waals surface area (Å²) in [6.07, 6.45) is -5.05. The second kappa shape index (κ2) is 9.96. The van der Waals surface area contributed by atoms with Gasteiger partial charge in [-0.25, -0.2) is 13.9 Å². The Bertz CT molecular complexity index is 946. The van der Waals surface area contributed by atoms with Crippen molar-refractivity contribution in [1.82, 2.24) is 9.55 Å². The van der Waals surface area contributed by atoms with Crippen LogP contribution in [0.5, 0.6) is 0 Å². The molecule has 0 amide bonds. The molecule has 1 aliphatic heterocycles. The molecule has 1 aromatic heterocycles. The molecular weight excluding hydrogens is 450 g/mol. The van der Waals surface area contributed by atoms with E-state index in [0.717, 1.165) is 10.8 Å². The van der Waals surface area contributed by atoms with Gasteiger partial charge in [0.15, 0.2) is 6.23 Å². The van der Waals surface area contributed by atoms with Gasteiger partial charge in [0.2, 0.25) is 0 Å². The largest absolute Gasteiger partial charge is 0.472 e. The molecule has 30 heavy (non-hydrogen) atoms. The molecule has 2 heterocycles. The van der Waals surface area contributed by atoms with Gasteiger partial charge in [0.1, 0.15) is 18.3 Å². The van der Waals surface area contributed by atoms with Crippen molar-refractivity contribution in [2.24, 2.45) is 0 Å². The van der Waals surface area contributed by atoms with Crippen LogP contribution in [0.2, 0.25) is 0 Å². The lowest BCUT2D eigenvalue weighted by Gasteiger charge is -2.23. The number of aryl methyl sites for hydroxylation is 1. The summed E-state index contributed by atoms with van der Waals surface area (Å²) in [6, 6.07) is 0. The van der Waals surface area contributed by atoms with E-state index >= 15 is 0 Å². The number of nitrogens with one attached hydrogen (secondary N) is 1. The fourth-order valence-corrected chi connectivity index (χ4v) is 4.40. The maximum Gasteiger partial charge on any atom is 0.472 e. The molecular formula is C14H24N2O12P2. The van der Waals surface area contributed by atoms with E-state index in [1.807, 2.05) is 4.98 Å². The van der Waals surface area contributed by atoms with E-state index in [9.17, 15) is 33.6 Å². The molecule has 0 saturated carbocycles. The van der Waals surface area contributed by atoms with E-state index in [2.05, 4.69) is 9.05 Å². The van der Waals surface area contributed by atoms with Gasteiger partial charge in [-0.15, -0.1) is 0 Å². The molecule has 0 radical (unpaired) electrons. The number of phosphoric acid groups is 2. The summed E-state index contributed by atoms with van der Waals surface area (Å²) in [7, 11) is -9.11. The first-order valence-electron chi connectivity index (χ1n) is 8.84. The Labute approximate surface area is 170 Å². The number of nitrogens with zero attached hydrogens (tertiary/aromatic N) is 1. The van der Waals surface area contributed by atoms with Gasteiger partial charge in [0.25, 0.3) is 5.56 Å². The van der Waals surface area contributed by atoms with Crippen LogP contribution in [0.1, 0.15) is 25.6 Å². The van der Waals surface area contributed by atoms with Crippen molar-refractivity contribution in [3.8, 4) is 0 Å². The molecule has 6 atom stereocenters. The Morgan fingerprint density at radius 1 is 1.13 bits per heavy atom. The summed E-state index contributed by atoms with van der Waals surface area (Å²) < 4.78 is 49.1. The summed E-state index contributed by atoms with van der Waals surface area (Å²) in [6.45, 7) is 3.29. The van der Waals surface area contributed by atoms with Gasteiger partial charge in [0, 0.05) is 11.8 Å². The van der Waals surface area contributed by atoms with Gasteiger partial charge in [-0.05, 0) is 20.8 Å². The molecule has 0 spiro atoms. The molecule has 1 aromatic rings. The van der Waals surface area contributed by atoms with Crippen molar-refractivity contribution in [2.45, 2.75) is 45.3 Å². The van der Waals surface area contributed by atoms with Crippen LogP contribution in [0, 0.1) is 6.92 Å². The van der Waals surface area contributed by atoms with Crippen LogP contribution in [0.25, 0.3) is 0 Å².